The Hall–Kier alpha value is -7.31. The maximum absolute atomic E-state index is 5.24. The highest BCUT2D eigenvalue weighted by molar-refractivity contribution is 6.17. The molecule has 0 spiro atoms. The van der Waals surface area contributed by atoms with Crippen molar-refractivity contribution < 1.29 is 0 Å². The number of benzene rings is 6. The van der Waals surface area contributed by atoms with Crippen LogP contribution in [0.2, 0.25) is 0 Å². The standard InChI is InChI=1S/C47H30N6/c1-5-13-32(14-6-1)41-30-53-28-27-38-42(47(53)49-41)39-29-37(25-26-40(39)48-43(38)33-15-7-2-8-16-33)31-21-23-36(24-22-31)46-51-44(34-17-9-3-10-18-34)50-45(52-46)35-19-11-4-12-20-35/h1-30H. The van der Waals surface area contributed by atoms with Gasteiger partial charge in [-0.25, -0.2) is 24.9 Å². The van der Waals surface area contributed by atoms with Gasteiger partial charge >= 0.3 is 0 Å². The molecule has 6 aromatic carbocycles. The Bertz CT molecular complexity index is 2850. The maximum Gasteiger partial charge on any atom is 0.164 e. The van der Waals surface area contributed by atoms with Crippen molar-refractivity contribution in [2.45, 2.75) is 0 Å². The Balaban J connectivity index is 1.11. The van der Waals surface area contributed by atoms with Crippen molar-refractivity contribution in [2.24, 2.45) is 0 Å². The topological polar surface area (TPSA) is 68.9 Å². The number of hydrogen-bond donors (Lipinski definition) is 0. The number of hydrogen-bond acceptors (Lipinski definition) is 5. The number of rotatable bonds is 6. The van der Waals surface area contributed by atoms with Crippen LogP contribution in [0.4, 0.5) is 0 Å². The molecular weight excluding hydrogens is 649 g/mol. The van der Waals surface area contributed by atoms with Gasteiger partial charge in [0.05, 0.1) is 16.9 Å². The fourth-order valence-corrected chi connectivity index (χ4v) is 7.02. The van der Waals surface area contributed by atoms with E-state index >= 15 is 0 Å². The number of imidazole rings is 1. The van der Waals surface area contributed by atoms with E-state index in [9.17, 15) is 0 Å². The first-order chi connectivity index (χ1) is 26.2. The van der Waals surface area contributed by atoms with Crippen molar-refractivity contribution >= 4 is 27.3 Å². The number of fused-ring (bicyclic) bond motifs is 5. The van der Waals surface area contributed by atoms with Crippen molar-refractivity contribution in [3.63, 3.8) is 0 Å². The lowest BCUT2D eigenvalue weighted by atomic mass is 9.97. The van der Waals surface area contributed by atoms with Crippen LogP contribution in [0, 0.1) is 0 Å². The van der Waals surface area contributed by atoms with Crippen LogP contribution in [0.15, 0.2) is 182 Å². The third-order valence-electron chi connectivity index (χ3n) is 9.67. The van der Waals surface area contributed by atoms with Crippen LogP contribution >= 0.6 is 0 Å². The average molecular weight is 679 g/mol. The minimum Gasteiger partial charge on any atom is -0.306 e. The highest BCUT2D eigenvalue weighted by Crippen LogP contribution is 2.37. The molecule has 0 amide bonds. The van der Waals surface area contributed by atoms with Gasteiger partial charge in [-0.05, 0) is 29.3 Å². The van der Waals surface area contributed by atoms with Crippen molar-refractivity contribution in [3.8, 4) is 67.8 Å². The van der Waals surface area contributed by atoms with E-state index in [1.54, 1.807) is 0 Å². The molecule has 0 aliphatic carbocycles. The molecule has 53 heavy (non-hydrogen) atoms. The third kappa shape index (κ3) is 5.59. The van der Waals surface area contributed by atoms with E-state index in [0.717, 1.165) is 77.7 Å². The van der Waals surface area contributed by atoms with Gasteiger partial charge < -0.3 is 4.40 Å². The molecule has 0 aliphatic rings. The van der Waals surface area contributed by atoms with Gasteiger partial charge in [-0.2, -0.15) is 0 Å². The Labute approximate surface area is 305 Å². The van der Waals surface area contributed by atoms with Gasteiger partial charge in [-0.3, -0.25) is 0 Å². The predicted octanol–water partition coefficient (Wildman–Crippen LogP) is 11.2. The molecule has 0 fully saturated rings. The summed E-state index contributed by atoms with van der Waals surface area (Å²) in [5, 5.41) is 3.19. The van der Waals surface area contributed by atoms with Crippen molar-refractivity contribution in [2.75, 3.05) is 0 Å². The summed E-state index contributed by atoms with van der Waals surface area (Å²) in [5.74, 6) is 1.91. The largest absolute Gasteiger partial charge is 0.306 e. The zero-order valence-corrected chi connectivity index (χ0v) is 28.5. The molecule has 0 atom stereocenters. The highest BCUT2D eigenvalue weighted by atomic mass is 15.0. The van der Waals surface area contributed by atoms with Crippen molar-refractivity contribution in [1.29, 1.82) is 0 Å². The summed E-state index contributed by atoms with van der Waals surface area (Å²) in [6.45, 7) is 0. The van der Waals surface area contributed by atoms with Crippen molar-refractivity contribution in [1.82, 2.24) is 29.3 Å². The molecule has 4 heterocycles. The van der Waals surface area contributed by atoms with E-state index in [-0.39, 0.29) is 0 Å². The number of pyridine rings is 2. The predicted molar refractivity (Wildman–Crippen MR) is 214 cm³/mol. The Morgan fingerprint density at radius 3 is 1.43 bits per heavy atom. The zero-order chi connectivity index (χ0) is 35.1. The van der Waals surface area contributed by atoms with E-state index in [1.807, 2.05) is 84.9 Å². The molecule has 4 aromatic heterocycles. The SMILES string of the molecule is c1ccc(-c2cn3ccc4c(-c5ccccc5)nc5ccc(-c6ccc(-c7nc(-c8ccccc8)nc(-c8ccccc8)n7)cc6)cc5c4c3n2)cc1. The monoisotopic (exact) mass is 678 g/mol. The molecule has 0 N–H and O–H groups in total. The maximum atomic E-state index is 5.24. The summed E-state index contributed by atoms with van der Waals surface area (Å²) in [7, 11) is 0. The van der Waals surface area contributed by atoms with E-state index < -0.39 is 0 Å². The van der Waals surface area contributed by atoms with Crippen LogP contribution < -0.4 is 0 Å². The second-order valence-corrected chi connectivity index (χ2v) is 13.0. The minimum atomic E-state index is 0.627. The molecule has 0 unspecified atom stereocenters. The molecule has 10 rings (SSSR count). The van der Waals surface area contributed by atoms with Gasteiger partial charge in [-0.1, -0.05) is 152 Å². The van der Waals surface area contributed by atoms with Crippen LogP contribution in [-0.4, -0.2) is 29.3 Å². The Morgan fingerprint density at radius 1 is 0.358 bits per heavy atom. The van der Waals surface area contributed by atoms with Crippen molar-refractivity contribution in [3.05, 3.63) is 182 Å². The lowest BCUT2D eigenvalue weighted by Crippen LogP contribution is -2.00. The smallest absolute Gasteiger partial charge is 0.164 e. The molecule has 6 heteroatoms. The summed E-state index contributed by atoms with van der Waals surface area (Å²) in [4.78, 5) is 25.2. The molecule has 0 bridgehead atoms. The van der Waals surface area contributed by atoms with E-state index in [2.05, 4.69) is 102 Å². The summed E-state index contributed by atoms with van der Waals surface area (Å²) >= 11 is 0. The van der Waals surface area contributed by atoms with Crippen LogP contribution in [0.25, 0.3) is 95.1 Å². The van der Waals surface area contributed by atoms with Gasteiger partial charge in [0, 0.05) is 56.4 Å². The average Bonchev–Trinajstić information content (AvgIpc) is 3.69. The lowest BCUT2D eigenvalue weighted by molar-refractivity contribution is 1.07. The lowest BCUT2D eigenvalue weighted by Gasteiger charge is -2.13. The van der Waals surface area contributed by atoms with E-state index in [1.165, 1.54) is 0 Å². The van der Waals surface area contributed by atoms with Gasteiger partial charge in [0.1, 0.15) is 5.65 Å². The van der Waals surface area contributed by atoms with Gasteiger partial charge in [0.25, 0.3) is 0 Å². The molecule has 0 radical (unpaired) electrons. The molecule has 6 nitrogen and oxygen atoms in total. The number of aromatic nitrogens is 6. The first-order valence-electron chi connectivity index (χ1n) is 17.6. The van der Waals surface area contributed by atoms with Gasteiger partial charge in [0.15, 0.2) is 17.5 Å². The Morgan fingerprint density at radius 2 is 0.849 bits per heavy atom. The highest BCUT2D eigenvalue weighted by Gasteiger charge is 2.17. The van der Waals surface area contributed by atoms with Crippen LogP contribution in [0.3, 0.4) is 0 Å². The first-order valence-corrected chi connectivity index (χ1v) is 17.6. The summed E-state index contributed by atoms with van der Waals surface area (Å²) in [5.41, 5.74) is 10.8. The molecule has 248 valence electrons. The molecular formula is C47H30N6. The van der Waals surface area contributed by atoms with Gasteiger partial charge in [0.2, 0.25) is 0 Å². The van der Waals surface area contributed by atoms with E-state index in [0.29, 0.717) is 17.5 Å². The van der Waals surface area contributed by atoms with E-state index in [4.69, 9.17) is 24.9 Å². The molecule has 0 saturated heterocycles. The summed E-state index contributed by atoms with van der Waals surface area (Å²) < 4.78 is 2.13. The fraction of sp³-hybridized carbons (Fsp3) is 0. The normalized spacial score (nSPS) is 11.4. The minimum absolute atomic E-state index is 0.627. The quantitative estimate of drug-likeness (QED) is 0.164. The molecule has 0 aliphatic heterocycles. The summed E-state index contributed by atoms with van der Waals surface area (Å²) in [6, 6.07) is 57.9. The summed E-state index contributed by atoms with van der Waals surface area (Å²) in [6.07, 6.45) is 4.20. The van der Waals surface area contributed by atoms with Crippen LogP contribution in [0.5, 0.6) is 0 Å². The van der Waals surface area contributed by atoms with Gasteiger partial charge in [-0.15, -0.1) is 0 Å². The second-order valence-electron chi connectivity index (χ2n) is 13.0. The zero-order valence-electron chi connectivity index (χ0n) is 28.5. The fourth-order valence-electron chi connectivity index (χ4n) is 7.02. The first kappa shape index (κ1) is 30.5. The Kier molecular flexibility index (Phi) is 7.36. The molecule has 10 aromatic rings. The number of nitrogens with zero attached hydrogens (tertiary/aromatic N) is 6. The van der Waals surface area contributed by atoms with Crippen LogP contribution in [-0.2, 0) is 0 Å². The third-order valence-corrected chi connectivity index (χ3v) is 9.67. The van der Waals surface area contributed by atoms with Crippen LogP contribution in [0.1, 0.15) is 0 Å². The second kappa shape index (κ2) is 12.8. The molecule has 0 saturated carbocycles.